The molecule has 0 fully saturated rings. The van der Waals surface area contributed by atoms with E-state index in [1.54, 1.807) is 12.1 Å². The zero-order valence-electron chi connectivity index (χ0n) is 28.0. The minimum absolute atomic E-state index is 0.0414. The van der Waals surface area contributed by atoms with E-state index in [4.69, 9.17) is 16.3 Å². The Morgan fingerprint density at radius 1 is 1.00 bits per heavy atom. The number of amides is 2. The van der Waals surface area contributed by atoms with Crippen LogP contribution in [-0.2, 0) is 32.6 Å². The lowest BCUT2D eigenvalue weighted by atomic mass is 10.0. The number of benzene rings is 4. The molecule has 4 aromatic rings. The van der Waals surface area contributed by atoms with E-state index in [0.29, 0.717) is 12.0 Å². The molecule has 0 aliphatic heterocycles. The van der Waals surface area contributed by atoms with Crippen LogP contribution in [0.15, 0.2) is 100 Å². The van der Waals surface area contributed by atoms with Gasteiger partial charge in [0.15, 0.2) is 0 Å². The summed E-state index contributed by atoms with van der Waals surface area (Å²) in [6.07, 6.45) is 0.785. The lowest BCUT2D eigenvalue weighted by molar-refractivity contribution is -0.385. The van der Waals surface area contributed by atoms with Gasteiger partial charge in [0.1, 0.15) is 18.3 Å². The maximum Gasteiger partial charge on any atom is 0.273 e. The molecule has 0 aliphatic rings. The first kappa shape index (κ1) is 38.3. The molecule has 264 valence electrons. The summed E-state index contributed by atoms with van der Waals surface area (Å²) in [4.78, 5) is 40.8. The zero-order chi connectivity index (χ0) is 36.6. The molecular weight excluding hydrogens is 748 g/mol. The molecule has 0 aromatic heterocycles. The number of carbonyl (C=O) groups is 2. The maximum absolute atomic E-state index is 14.7. The number of nitro groups is 1. The second-order valence-corrected chi connectivity index (χ2v) is 14.9. The number of anilines is 1. The van der Waals surface area contributed by atoms with Gasteiger partial charge in [0, 0.05) is 40.1 Å². The summed E-state index contributed by atoms with van der Waals surface area (Å²) < 4.78 is 36.0. The van der Waals surface area contributed by atoms with Crippen LogP contribution in [0, 0.1) is 17.0 Å². The Labute approximate surface area is 305 Å². The highest BCUT2D eigenvalue weighted by atomic mass is 79.9. The molecule has 0 bridgehead atoms. The quantitative estimate of drug-likeness (QED) is 0.100. The molecule has 50 heavy (non-hydrogen) atoms. The van der Waals surface area contributed by atoms with Gasteiger partial charge in [-0.25, -0.2) is 8.42 Å². The van der Waals surface area contributed by atoms with E-state index < -0.39 is 49.9 Å². The standard InChI is InChI=1S/C36H38BrClN4O7S/c1-5-25(3)39-36(44)33(19-26-10-7-6-8-11-26)40(22-27-12-9-13-28(37)18-27)35(43)23-41(32-20-29(38)15-17-34(32)49-4)50(47,48)30-16-14-24(2)31(21-30)42(45)46/h6-18,20-21,25,33H,5,19,22-23H2,1-4H3,(H,39,44)/t25-,33+/m0/s1. The number of carbonyl (C=O) groups excluding carboxylic acids is 2. The predicted octanol–water partition coefficient (Wildman–Crippen LogP) is 7.08. The van der Waals surface area contributed by atoms with E-state index in [2.05, 4.69) is 21.2 Å². The summed E-state index contributed by atoms with van der Waals surface area (Å²) >= 11 is 9.82. The minimum atomic E-state index is -4.68. The van der Waals surface area contributed by atoms with Gasteiger partial charge in [0.2, 0.25) is 11.8 Å². The lowest BCUT2D eigenvalue weighted by Crippen LogP contribution is -2.54. The van der Waals surface area contributed by atoms with Crippen molar-refractivity contribution in [2.45, 2.75) is 57.1 Å². The van der Waals surface area contributed by atoms with Gasteiger partial charge in [-0.2, -0.15) is 0 Å². The van der Waals surface area contributed by atoms with Gasteiger partial charge < -0.3 is 15.0 Å². The van der Waals surface area contributed by atoms with Crippen molar-refractivity contribution < 1.29 is 27.7 Å². The number of nitro benzene ring substituents is 1. The number of ether oxygens (including phenoxy) is 1. The van der Waals surface area contributed by atoms with Crippen molar-refractivity contribution in [2.24, 2.45) is 0 Å². The molecule has 0 saturated heterocycles. The van der Waals surface area contributed by atoms with Crippen LogP contribution in [0.1, 0.15) is 37.0 Å². The fourth-order valence-corrected chi connectivity index (χ4v) is 7.32. The van der Waals surface area contributed by atoms with Crippen LogP contribution in [0.5, 0.6) is 5.75 Å². The molecule has 0 heterocycles. The molecule has 0 unspecified atom stereocenters. The number of hydrogen-bond donors (Lipinski definition) is 1. The molecule has 0 radical (unpaired) electrons. The first-order valence-electron chi connectivity index (χ1n) is 15.7. The van der Waals surface area contributed by atoms with Crippen LogP contribution in [0.3, 0.4) is 0 Å². The van der Waals surface area contributed by atoms with Gasteiger partial charge in [-0.05, 0) is 67.8 Å². The average molecular weight is 786 g/mol. The van der Waals surface area contributed by atoms with Gasteiger partial charge in [0.05, 0.1) is 22.6 Å². The van der Waals surface area contributed by atoms with E-state index in [1.165, 1.54) is 49.3 Å². The van der Waals surface area contributed by atoms with Crippen molar-refractivity contribution in [1.82, 2.24) is 10.2 Å². The molecule has 14 heteroatoms. The van der Waals surface area contributed by atoms with E-state index >= 15 is 0 Å². The first-order valence-corrected chi connectivity index (χ1v) is 18.4. The molecule has 2 atom stereocenters. The van der Waals surface area contributed by atoms with Crippen molar-refractivity contribution in [3.05, 3.63) is 127 Å². The molecule has 0 aliphatic carbocycles. The van der Waals surface area contributed by atoms with Crippen molar-refractivity contribution in [3.63, 3.8) is 0 Å². The Morgan fingerprint density at radius 3 is 2.34 bits per heavy atom. The third-order valence-electron chi connectivity index (χ3n) is 8.17. The Bertz CT molecular complexity index is 1960. The minimum Gasteiger partial charge on any atom is -0.495 e. The van der Waals surface area contributed by atoms with E-state index in [-0.39, 0.29) is 41.0 Å². The fraction of sp³-hybridized carbons (Fsp3) is 0.278. The number of rotatable bonds is 15. The molecule has 4 aromatic carbocycles. The molecule has 4 rings (SSSR count). The summed E-state index contributed by atoms with van der Waals surface area (Å²) in [7, 11) is -3.34. The third kappa shape index (κ3) is 9.40. The van der Waals surface area contributed by atoms with Crippen molar-refractivity contribution in [1.29, 1.82) is 0 Å². The first-order chi connectivity index (χ1) is 23.7. The number of halogens is 2. The largest absolute Gasteiger partial charge is 0.495 e. The molecule has 1 N–H and O–H groups in total. The van der Waals surface area contributed by atoms with Crippen LogP contribution >= 0.6 is 27.5 Å². The van der Waals surface area contributed by atoms with E-state index in [1.807, 2.05) is 56.3 Å². The second kappa shape index (κ2) is 17.0. The van der Waals surface area contributed by atoms with E-state index in [0.717, 1.165) is 20.4 Å². The van der Waals surface area contributed by atoms with Crippen molar-refractivity contribution in [2.75, 3.05) is 18.0 Å². The zero-order valence-corrected chi connectivity index (χ0v) is 31.2. The summed E-state index contributed by atoms with van der Waals surface area (Å²) in [5.74, 6) is -1.03. The number of methoxy groups -OCH3 is 1. The van der Waals surface area contributed by atoms with Crippen molar-refractivity contribution in [3.8, 4) is 5.75 Å². The van der Waals surface area contributed by atoms with Gasteiger partial charge >= 0.3 is 0 Å². The summed E-state index contributed by atoms with van der Waals surface area (Å²) in [5, 5.41) is 14.9. The van der Waals surface area contributed by atoms with Crippen LogP contribution in [0.25, 0.3) is 0 Å². The van der Waals surface area contributed by atoms with Crippen molar-refractivity contribution >= 4 is 60.7 Å². The highest BCUT2D eigenvalue weighted by Gasteiger charge is 2.36. The molecule has 2 amide bonds. The van der Waals surface area contributed by atoms with E-state index in [9.17, 15) is 28.1 Å². The monoisotopic (exact) mass is 784 g/mol. The Morgan fingerprint density at radius 2 is 1.70 bits per heavy atom. The lowest BCUT2D eigenvalue weighted by Gasteiger charge is -2.34. The molecule has 11 nitrogen and oxygen atoms in total. The topological polar surface area (TPSA) is 139 Å². The smallest absolute Gasteiger partial charge is 0.273 e. The van der Waals surface area contributed by atoms with Crippen LogP contribution < -0.4 is 14.4 Å². The normalized spacial score (nSPS) is 12.4. The van der Waals surface area contributed by atoms with Crippen LogP contribution in [0.4, 0.5) is 11.4 Å². The number of aryl methyl sites for hydroxylation is 1. The number of sulfonamides is 1. The van der Waals surface area contributed by atoms with Crippen LogP contribution in [0.2, 0.25) is 5.02 Å². The molecule has 0 spiro atoms. The fourth-order valence-electron chi connectivity index (χ4n) is 5.27. The molecular formula is C36H38BrClN4O7S. The number of nitrogens with zero attached hydrogens (tertiary/aromatic N) is 3. The summed E-state index contributed by atoms with van der Waals surface area (Å²) in [5.41, 5.74) is 1.26. The van der Waals surface area contributed by atoms with Crippen LogP contribution in [-0.4, -0.2) is 55.8 Å². The summed E-state index contributed by atoms with van der Waals surface area (Å²) in [6.45, 7) is 4.44. The Kier molecular flexibility index (Phi) is 13.0. The maximum atomic E-state index is 14.7. The third-order valence-corrected chi connectivity index (χ3v) is 10.7. The SMILES string of the molecule is CC[C@H](C)NC(=O)[C@@H](Cc1ccccc1)N(Cc1cccc(Br)c1)C(=O)CN(c1cc(Cl)ccc1OC)S(=O)(=O)c1ccc(C)c([N+](=O)[O-])c1. The van der Waals surface area contributed by atoms with Gasteiger partial charge in [-0.1, -0.05) is 83.0 Å². The second-order valence-electron chi connectivity index (χ2n) is 11.7. The highest BCUT2D eigenvalue weighted by Crippen LogP contribution is 2.36. The van der Waals surface area contributed by atoms with Gasteiger partial charge in [-0.3, -0.25) is 24.0 Å². The summed E-state index contributed by atoms with van der Waals surface area (Å²) in [6, 6.07) is 23.0. The average Bonchev–Trinajstić information content (AvgIpc) is 3.08. The molecule has 0 saturated carbocycles. The van der Waals surface area contributed by atoms with Gasteiger partial charge in [-0.15, -0.1) is 0 Å². The number of hydrogen-bond acceptors (Lipinski definition) is 7. The Hall–Kier alpha value is -4.46. The van der Waals surface area contributed by atoms with Gasteiger partial charge in [0.25, 0.3) is 15.7 Å². The number of nitrogens with one attached hydrogen (secondary N) is 1. The Balaban J connectivity index is 1.90. The highest BCUT2D eigenvalue weighted by molar-refractivity contribution is 9.10. The predicted molar refractivity (Wildman–Crippen MR) is 197 cm³/mol.